The number of rotatable bonds is 14. The summed E-state index contributed by atoms with van der Waals surface area (Å²) in [5.74, 6) is -4.35. The molecule has 3 aromatic rings. The molecule has 21 heteroatoms. The van der Waals surface area contributed by atoms with Crippen molar-refractivity contribution in [2.24, 2.45) is 10.9 Å². The van der Waals surface area contributed by atoms with Gasteiger partial charge in [0, 0.05) is 5.38 Å². The number of halogens is 1. The molecule has 2 heterocycles. The summed E-state index contributed by atoms with van der Waals surface area (Å²) in [5.41, 5.74) is 3.60. The van der Waals surface area contributed by atoms with Gasteiger partial charge < -0.3 is 32.1 Å². The number of esters is 1. The van der Waals surface area contributed by atoms with E-state index in [2.05, 4.69) is 25.5 Å². The zero-order valence-electron chi connectivity index (χ0n) is 27.6. The second-order valence-corrected chi connectivity index (χ2v) is 13.0. The summed E-state index contributed by atoms with van der Waals surface area (Å²) in [5, 5.41) is 9.78. The van der Waals surface area contributed by atoms with Crippen LogP contribution in [0, 0.1) is 0 Å². The molecule has 2 unspecified atom stereocenters. The minimum Gasteiger partial charge on any atom is -1.00 e. The van der Waals surface area contributed by atoms with Crippen molar-refractivity contribution in [2.75, 3.05) is 17.8 Å². The normalized spacial score (nSPS) is 16.1. The van der Waals surface area contributed by atoms with Crippen molar-refractivity contribution >= 4 is 73.9 Å². The third-order valence-electron chi connectivity index (χ3n) is 6.72. The first-order valence-corrected chi connectivity index (χ1v) is 16.9. The number of carbonyl (C=O) groups is 5. The Bertz CT molecular complexity index is 1830. The first kappa shape index (κ1) is 40.3. The molecule has 1 aliphatic heterocycles. The van der Waals surface area contributed by atoms with E-state index in [1.165, 1.54) is 19.2 Å². The van der Waals surface area contributed by atoms with Gasteiger partial charge in [-0.1, -0.05) is 65.8 Å². The smallest absolute Gasteiger partial charge is 1.00 e. The van der Waals surface area contributed by atoms with Gasteiger partial charge in [-0.15, -0.1) is 22.9 Å². The number of nitrogens with two attached hydrogens (primary N) is 1. The molecule has 1 aromatic heterocycles. The van der Waals surface area contributed by atoms with Crippen LogP contribution >= 0.6 is 22.9 Å². The topological polar surface area (TPSA) is 246 Å². The molecule has 2 atom stereocenters. The van der Waals surface area contributed by atoms with E-state index in [4.69, 9.17) is 26.9 Å². The average Bonchev–Trinajstić information content (AvgIpc) is 3.51. The fraction of sp³-hybridized carbons (Fsp3) is 0.276. The quantitative estimate of drug-likeness (QED) is 0.0290. The van der Waals surface area contributed by atoms with E-state index in [9.17, 15) is 36.9 Å². The zero-order chi connectivity index (χ0) is 35.9. The van der Waals surface area contributed by atoms with E-state index in [1.807, 2.05) is 0 Å². The van der Waals surface area contributed by atoms with Crippen LogP contribution in [0.3, 0.4) is 0 Å². The van der Waals surface area contributed by atoms with Crippen LogP contribution in [0.5, 0.6) is 0 Å². The zero-order valence-corrected chi connectivity index (χ0v) is 31.0. The molecular formula is C29H30ClN6NaO11S2. The van der Waals surface area contributed by atoms with Crippen LogP contribution in [-0.2, 0) is 43.8 Å². The second-order valence-electron chi connectivity index (χ2n) is 10.6. The van der Waals surface area contributed by atoms with Gasteiger partial charge in [-0.25, -0.2) is 18.9 Å². The monoisotopic (exact) mass is 760 g/mol. The standard InChI is InChI=1S/C29H29ClN6O11S2.Na.H/c1-29(2,26(40)46-23(16-9-5-3-6-10-16)17-11-7-4-8-12-17)47-35-21(18-15-48-28(32-18)33-20(37)13-30)24(38)34-22-19(14-45-27(31)41)36(25(22)39)49(42,43)44;;/h3-12,15,19,22-23H,13-14H2,1-2H3,(H2,31,41)(H,34,38)(H,32,33,37)(H,42,43,44);;/q;+1;-1/b35-21-;;. The second kappa shape index (κ2) is 17.2. The van der Waals surface area contributed by atoms with Crippen LogP contribution in [0.25, 0.3) is 0 Å². The maximum atomic E-state index is 13.6. The number of amides is 4. The molecule has 0 aliphatic carbocycles. The molecule has 17 nitrogen and oxygen atoms in total. The van der Waals surface area contributed by atoms with E-state index in [0.29, 0.717) is 11.1 Å². The number of aromatic nitrogens is 1. The van der Waals surface area contributed by atoms with Gasteiger partial charge in [0.15, 0.2) is 16.9 Å². The van der Waals surface area contributed by atoms with Gasteiger partial charge in [0.25, 0.3) is 11.8 Å². The van der Waals surface area contributed by atoms with Crippen molar-refractivity contribution < 1.29 is 82.2 Å². The summed E-state index contributed by atoms with van der Waals surface area (Å²) >= 11 is 6.41. The molecule has 262 valence electrons. The number of hydrogen-bond donors (Lipinski definition) is 4. The predicted octanol–water partition coefficient (Wildman–Crippen LogP) is -1.14. The van der Waals surface area contributed by atoms with Crippen LogP contribution in [-0.4, -0.2) is 87.9 Å². The number of hydrogen-bond acceptors (Lipinski definition) is 13. The van der Waals surface area contributed by atoms with E-state index in [-0.39, 0.29) is 46.1 Å². The van der Waals surface area contributed by atoms with E-state index in [0.717, 1.165) is 11.3 Å². The van der Waals surface area contributed by atoms with Gasteiger partial charge in [-0.05, 0) is 25.0 Å². The van der Waals surface area contributed by atoms with Gasteiger partial charge in [-0.3, -0.25) is 18.9 Å². The average molecular weight is 761 g/mol. The fourth-order valence-electron chi connectivity index (χ4n) is 4.33. The number of β-lactam (4-membered cyclic amide) rings is 1. The maximum absolute atomic E-state index is 13.6. The Kier molecular flexibility index (Phi) is 13.9. The van der Waals surface area contributed by atoms with E-state index in [1.54, 1.807) is 60.7 Å². The Morgan fingerprint density at radius 2 is 1.70 bits per heavy atom. The molecular weight excluding hydrogens is 731 g/mol. The summed E-state index contributed by atoms with van der Waals surface area (Å²) < 4.78 is 43.4. The summed E-state index contributed by atoms with van der Waals surface area (Å²) in [7, 11) is -5.12. The number of oxime groups is 1. The van der Waals surface area contributed by atoms with Crippen LogP contribution in [0.4, 0.5) is 9.93 Å². The number of primary amides is 1. The molecule has 4 amide bonds. The molecule has 5 N–H and O–H groups in total. The van der Waals surface area contributed by atoms with Crippen LogP contribution in [0.2, 0.25) is 0 Å². The summed E-state index contributed by atoms with van der Waals surface area (Å²) in [4.78, 5) is 72.3. The predicted molar refractivity (Wildman–Crippen MR) is 175 cm³/mol. The molecule has 0 saturated carbocycles. The molecule has 50 heavy (non-hydrogen) atoms. The number of thiazole rings is 1. The van der Waals surface area contributed by atoms with Crippen molar-refractivity contribution in [2.45, 2.75) is 37.6 Å². The van der Waals surface area contributed by atoms with Gasteiger partial charge in [-0.2, -0.15) is 8.42 Å². The summed E-state index contributed by atoms with van der Waals surface area (Å²) in [6, 6.07) is 14.6. The number of alkyl halides is 1. The molecule has 1 fully saturated rings. The van der Waals surface area contributed by atoms with E-state index < -0.39 is 82.1 Å². The van der Waals surface area contributed by atoms with Gasteiger partial charge in [0.05, 0.1) is 0 Å². The van der Waals surface area contributed by atoms with Crippen molar-refractivity contribution in [3.05, 3.63) is 82.9 Å². The van der Waals surface area contributed by atoms with Crippen molar-refractivity contribution in [3.63, 3.8) is 0 Å². The summed E-state index contributed by atoms with van der Waals surface area (Å²) in [6.07, 6.45) is -2.16. The van der Waals surface area contributed by atoms with Crippen LogP contribution in [0.1, 0.15) is 38.2 Å². The van der Waals surface area contributed by atoms with E-state index >= 15 is 0 Å². The number of anilines is 1. The Morgan fingerprint density at radius 3 is 2.22 bits per heavy atom. The first-order chi connectivity index (χ1) is 23.1. The molecule has 0 spiro atoms. The van der Waals surface area contributed by atoms with Crippen molar-refractivity contribution in [1.82, 2.24) is 14.6 Å². The molecule has 0 radical (unpaired) electrons. The molecule has 1 aliphatic rings. The van der Waals surface area contributed by atoms with Crippen LogP contribution in [0.15, 0.2) is 71.2 Å². The number of nitrogens with one attached hydrogen (secondary N) is 2. The minimum absolute atomic E-state index is 0. The van der Waals surface area contributed by atoms with Gasteiger partial charge in [0.1, 0.15) is 30.3 Å². The number of nitrogens with zero attached hydrogens (tertiary/aromatic N) is 3. The maximum Gasteiger partial charge on any atom is 1.00 e. The Hall–Kier alpha value is -4.11. The van der Waals surface area contributed by atoms with Crippen LogP contribution < -0.4 is 45.9 Å². The van der Waals surface area contributed by atoms with Gasteiger partial charge >= 0.3 is 51.9 Å². The SMILES string of the molecule is CC(C)(O/N=C(\C(=O)NC1C(=O)N(S(=O)(=O)O)C1COC(N)=O)c1csc(NC(=O)CCl)n1)C(=O)OC(c1ccccc1)c1ccccc1.[H-].[Na+]. The molecule has 4 rings (SSSR count). The van der Waals surface area contributed by atoms with Crippen molar-refractivity contribution in [1.29, 1.82) is 0 Å². The first-order valence-electron chi connectivity index (χ1n) is 14.0. The number of benzene rings is 2. The summed E-state index contributed by atoms with van der Waals surface area (Å²) in [6.45, 7) is 1.83. The largest absolute Gasteiger partial charge is 1.00 e. The third kappa shape index (κ3) is 9.99. The molecule has 0 bridgehead atoms. The molecule has 2 aromatic carbocycles. The number of ether oxygens (including phenoxy) is 2. The van der Waals surface area contributed by atoms with Crippen molar-refractivity contribution in [3.8, 4) is 0 Å². The number of carbonyl (C=O) groups excluding carboxylic acids is 5. The Balaban J connectivity index is 0.00000451. The Morgan fingerprint density at radius 1 is 1.12 bits per heavy atom. The fourth-order valence-corrected chi connectivity index (χ4v) is 5.97. The minimum atomic E-state index is -5.12. The van der Waals surface area contributed by atoms with Gasteiger partial charge in [0.2, 0.25) is 11.5 Å². The Labute approximate surface area is 318 Å². The third-order valence-corrected chi connectivity index (χ3v) is 8.66. The molecule has 1 saturated heterocycles.